The highest BCUT2D eigenvalue weighted by Crippen LogP contribution is 2.13. The first kappa shape index (κ1) is 14.4. The molecule has 0 aliphatic heterocycles. The van der Waals surface area contributed by atoms with Gasteiger partial charge in [-0.3, -0.25) is 9.78 Å². The van der Waals surface area contributed by atoms with Gasteiger partial charge in [0, 0.05) is 24.8 Å². The van der Waals surface area contributed by atoms with Crippen LogP contribution in [-0.2, 0) is 4.74 Å². The number of carbonyl (C=O) groups excluding carboxylic acids is 1. The molecule has 0 fully saturated rings. The van der Waals surface area contributed by atoms with Gasteiger partial charge in [0.1, 0.15) is 0 Å². The predicted octanol–water partition coefficient (Wildman–Crippen LogP) is 2.26. The van der Waals surface area contributed by atoms with Crippen LogP contribution in [0.15, 0.2) is 18.5 Å². The minimum Gasteiger partial charge on any atom is -0.383 e. The van der Waals surface area contributed by atoms with E-state index in [1.54, 1.807) is 13.2 Å². The van der Waals surface area contributed by atoms with Crippen LogP contribution in [0.2, 0.25) is 5.02 Å². The Balaban J connectivity index is 2.67. The van der Waals surface area contributed by atoms with E-state index in [-0.39, 0.29) is 11.9 Å². The minimum atomic E-state index is -0.208. The Kier molecular flexibility index (Phi) is 6.47. The molecule has 17 heavy (non-hydrogen) atoms. The molecule has 4 nitrogen and oxygen atoms in total. The number of hydrogen-bond donors (Lipinski definition) is 1. The smallest absolute Gasteiger partial charge is 0.253 e. The predicted molar refractivity (Wildman–Crippen MR) is 70.8 cm³/mol. The summed E-state index contributed by atoms with van der Waals surface area (Å²) < 4.78 is 5.04. The van der Waals surface area contributed by atoms with Gasteiger partial charge in [0.05, 0.1) is 23.2 Å². The zero-order valence-electron chi connectivity index (χ0n) is 9.45. The molecule has 6 heteroatoms. The van der Waals surface area contributed by atoms with Gasteiger partial charge < -0.3 is 10.1 Å². The van der Waals surface area contributed by atoms with E-state index in [2.05, 4.69) is 26.2 Å². The molecule has 1 amide bonds. The second-order valence-corrected chi connectivity index (χ2v) is 4.66. The van der Waals surface area contributed by atoms with E-state index < -0.39 is 0 Å². The van der Waals surface area contributed by atoms with E-state index in [0.717, 1.165) is 11.8 Å². The van der Waals surface area contributed by atoms with Crippen molar-refractivity contribution in [1.29, 1.82) is 0 Å². The van der Waals surface area contributed by atoms with Crippen molar-refractivity contribution >= 4 is 33.4 Å². The third-order valence-corrected chi connectivity index (χ3v) is 2.94. The van der Waals surface area contributed by atoms with Crippen molar-refractivity contribution in [1.82, 2.24) is 10.3 Å². The molecule has 1 rings (SSSR count). The van der Waals surface area contributed by atoms with E-state index in [1.165, 1.54) is 12.4 Å². The highest BCUT2D eigenvalue weighted by Gasteiger charge is 2.15. The summed E-state index contributed by atoms with van der Waals surface area (Å²) >= 11 is 9.23. The second-order valence-electron chi connectivity index (χ2n) is 3.46. The van der Waals surface area contributed by atoms with Gasteiger partial charge in [-0.2, -0.15) is 0 Å². The SMILES string of the molecule is COCC(CCBr)NC(=O)c1ccncc1Cl. The van der Waals surface area contributed by atoms with Crippen molar-refractivity contribution in [3.63, 3.8) is 0 Å². The molecule has 1 aromatic heterocycles. The molecule has 0 aliphatic carbocycles. The zero-order valence-corrected chi connectivity index (χ0v) is 11.8. The van der Waals surface area contributed by atoms with Crippen LogP contribution >= 0.6 is 27.5 Å². The van der Waals surface area contributed by atoms with Crippen LogP contribution in [0.25, 0.3) is 0 Å². The number of nitrogens with zero attached hydrogens (tertiary/aromatic N) is 1. The van der Waals surface area contributed by atoms with Gasteiger partial charge in [-0.15, -0.1) is 0 Å². The van der Waals surface area contributed by atoms with Crippen LogP contribution in [0.4, 0.5) is 0 Å². The van der Waals surface area contributed by atoms with Crippen LogP contribution in [0.1, 0.15) is 16.8 Å². The van der Waals surface area contributed by atoms with Gasteiger partial charge in [0.25, 0.3) is 5.91 Å². The Morgan fingerprint density at radius 1 is 1.71 bits per heavy atom. The Bertz CT molecular complexity index is 370. The maximum atomic E-state index is 11.9. The fourth-order valence-electron chi connectivity index (χ4n) is 1.35. The van der Waals surface area contributed by atoms with Gasteiger partial charge >= 0.3 is 0 Å². The lowest BCUT2D eigenvalue weighted by molar-refractivity contribution is 0.0895. The number of carbonyl (C=O) groups is 1. The van der Waals surface area contributed by atoms with Gasteiger partial charge in [0.15, 0.2) is 0 Å². The standard InChI is InChI=1S/C11H14BrClN2O2/c1-17-7-8(2-4-12)15-11(16)9-3-5-14-6-10(9)13/h3,5-6,8H,2,4,7H2,1H3,(H,15,16). The molecule has 1 atom stereocenters. The molecule has 0 saturated carbocycles. The van der Waals surface area contributed by atoms with Crippen LogP contribution in [0.5, 0.6) is 0 Å². The van der Waals surface area contributed by atoms with Gasteiger partial charge in [-0.25, -0.2) is 0 Å². The van der Waals surface area contributed by atoms with Crippen LogP contribution in [0, 0.1) is 0 Å². The lowest BCUT2D eigenvalue weighted by atomic mass is 10.2. The Hall–Kier alpha value is -0.650. The third-order valence-electron chi connectivity index (χ3n) is 2.18. The first-order chi connectivity index (χ1) is 8.19. The average molecular weight is 322 g/mol. The number of pyridine rings is 1. The first-order valence-corrected chi connectivity index (χ1v) is 6.64. The van der Waals surface area contributed by atoms with Crippen molar-refractivity contribution in [2.24, 2.45) is 0 Å². The first-order valence-electron chi connectivity index (χ1n) is 5.14. The van der Waals surface area contributed by atoms with Crippen LogP contribution < -0.4 is 5.32 Å². The van der Waals surface area contributed by atoms with Gasteiger partial charge in [0.2, 0.25) is 0 Å². The van der Waals surface area contributed by atoms with E-state index in [1.807, 2.05) is 0 Å². The summed E-state index contributed by atoms with van der Waals surface area (Å²) in [4.78, 5) is 15.8. The monoisotopic (exact) mass is 320 g/mol. The highest BCUT2D eigenvalue weighted by molar-refractivity contribution is 9.09. The van der Waals surface area contributed by atoms with Crippen molar-refractivity contribution < 1.29 is 9.53 Å². The number of rotatable bonds is 6. The molecule has 0 saturated heterocycles. The van der Waals surface area contributed by atoms with Crippen LogP contribution in [-0.4, -0.2) is 36.0 Å². The van der Waals surface area contributed by atoms with Crippen molar-refractivity contribution in [2.45, 2.75) is 12.5 Å². The summed E-state index contributed by atoms with van der Waals surface area (Å²) in [5.74, 6) is -0.208. The van der Waals surface area contributed by atoms with E-state index in [9.17, 15) is 4.79 Å². The summed E-state index contributed by atoms with van der Waals surface area (Å²) in [6, 6.07) is 1.56. The summed E-state index contributed by atoms with van der Waals surface area (Å²) in [6.45, 7) is 0.472. The zero-order chi connectivity index (χ0) is 12.7. The van der Waals surface area contributed by atoms with Gasteiger partial charge in [-0.1, -0.05) is 27.5 Å². The number of amides is 1. The van der Waals surface area contributed by atoms with Crippen molar-refractivity contribution in [3.8, 4) is 0 Å². The topological polar surface area (TPSA) is 51.2 Å². The average Bonchev–Trinajstić information content (AvgIpc) is 2.30. The van der Waals surface area contributed by atoms with Crippen molar-refractivity contribution in [2.75, 3.05) is 19.0 Å². The number of ether oxygens (including phenoxy) is 1. The summed E-state index contributed by atoms with van der Waals surface area (Å²) in [6.07, 6.45) is 3.78. The lowest BCUT2D eigenvalue weighted by Gasteiger charge is -2.17. The van der Waals surface area contributed by atoms with E-state index in [0.29, 0.717) is 17.2 Å². The molecule has 1 N–H and O–H groups in total. The third kappa shape index (κ3) is 4.61. The molecule has 1 aromatic rings. The molecule has 1 heterocycles. The molecule has 0 aliphatic rings. The summed E-state index contributed by atoms with van der Waals surface area (Å²) in [5.41, 5.74) is 0.428. The maximum absolute atomic E-state index is 11.9. The molecular weight excluding hydrogens is 307 g/mol. The quantitative estimate of drug-likeness (QED) is 0.818. The Morgan fingerprint density at radius 3 is 3.06 bits per heavy atom. The highest BCUT2D eigenvalue weighted by atomic mass is 79.9. The van der Waals surface area contributed by atoms with E-state index in [4.69, 9.17) is 16.3 Å². The fourth-order valence-corrected chi connectivity index (χ4v) is 2.11. The molecule has 0 radical (unpaired) electrons. The number of alkyl halides is 1. The molecule has 1 unspecified atom stereocenters. The Labute approximate surface area is 114 Å². The molecule has 94 valence electrons. The van der Waals surface area contributed by atoms with Crippen molar-refractivity contribution in [3.05, 3.63) is 29.0 Å². The molecular formula is C11H14BrClN2O2. The minimum absolute atomic E-state index is 0.0314. The number of methoxy groups -OCH3 is 1. The maximum Gasteiger partial charge on any atom is 0.253 e. The molecule has 0 bridgehead atoms. The largest absolute Gasteiger partial charge is 0.383 e. The van der Waals surface area contributed by atoms with E-state index >= 15 is 0 Å². The summed E-state index contributed by atoms with van der Waals surface area (Å²) in [5, 5.41) is 4.01. The molecule has 0 aromatic carbocycles. The number of hydrogen-bond acceptors (Lipinski definition) is 3. The molecule has 0 spiro atoms. The second kappa shape index (κ2) is 7.63. The number of aromatic nitrogens is 1. The lowest BCUT2D eigenvalue weighted by Crippen LogP contribution is -2.38. The normalized spacial score (nSPS) is 12.2. The number of halogens is 2. The Morgan fingerprint density at radius 2 is 2.47 bits per heavy atom. The summed E-state index contributed by atoms with van der Waals surface area (Å²) in [7, 11) is 1.60. The fraction of sp³-hybridized carbons (Fsp3) is 0.455. The number of nitrogens with one attached hydrogen (secondary N) is 1. The van der Waals surface area contributed by atoms with Crippen LogP contribution in [0.3, 0.4) is 0 Å². The van der Waals surface area contributed by atoms with Gasteiger partial charge in [-0.05, 0) is 12.5 Å².